The molecule has 1 heterocycles. The summed E-state index contributed by atoms with van der Waals surface area (Å²) in [5.41, 5.74) is 0. The number of halogens is 1. The number of piperazine rings is 1. The van der Waals surface area contributed by atoms with E-state index in [2.05, 4.69) is 4.90 Å². The Morgan fingerprint density at radius 1 is 1.29 bits per heavy atom. The number of benzene rings is 1. The van der Waals surface area contributed by atoms with Crippen LogP contribution < -0.4 is 4.74 Å². The Morgan fingerprint density at radius 3 is 2.65 bits per heavy atom. The molecule has 0 spiro atoms. The largest absolute Gasteiger partial charge is 0.415 e. The molecule has 0 saturated carbocycles. The van der Waals surface area contributed by atoms with Crippen molar-refractivity contribution in [2.45, 2.75) is 0 Å². The highest BCUT2D eigenvalue weighted by Gasteiger charge is 2.20. The summed E-state index contributed by atoms with van der Waals surface area (Å²) in [4.78, 5) is 15.5. The average molecular weight is 238 g/mol. The minimum absolute atomic E-state index is 0.244. The van der Waals surface area contributed by atoms with Crippen LogP contribution in [-0.2, 0) is 0 Å². The molecular weight excluding hydrogens is 223 g/mol. The van der Waals surface area contributed by atoms with E-state index in [-0.39, 0.29) is 5.75 Å². The van der Waals surface area contributed by atoms with Crippen molar-refractivity contribution in [3.8, 4) is 5.75 Å². The predicted molar refractivity (Wildman–Crippen MR) is 61.5 cm³/mol. The Kier molecular flexibility index (Phi) is 3.58. The van der Waals surface area contributed by atoms with Gasteiger partial charge in [-0.05, 0) is 19.2 Å². The number of rotatable bonds is 1. The molecule has 0 N–H and O–H groups in total. The number of hydrogen-bond donors (Lipinski definition) is 0. The quantitative estimate of drug-likeness (QED) is 0.744. The number of amides is 1. The van der Waals surface area contributed by atoms with Crippen molar-refractivity contribution < 1.29 is 13.9 Å². The van der Waals surface area contributed by atoms with Crippen molar-refractivity contribution in [1.82, 2.24) is 9.80 Å². The highest BCUT2D eigenvalue weighted by Crippen LogP contribution is 2.13. The lowest BCUT2D eigenvalue weighted by Gasteiger charge is -2.31. The highest BCUT2D eigenvalue weighted by atomic mass is 19.1. The first-order valence-electron chi connectivity index (χ1n) is 5.56. The molecule has 5 heteroatoms. The molecule has 2 rings (SSSR count). The molecular formula is C12H15FN2O2. The summed E-state index contributed by atoms with van der Waals surface area (Å²) in [6.45, 7) is 2.95. The smallest absolute Gasteiger partial charge is 0.410 e. The molecule has 1 aromatic carbocycles. The van der Waals surface area contributed by atoms with E-state index in [4.69, 9.17) is 4.74 Å². The van der Waals surface area contributed by atoms with Crippen LogP contribution in [0, 0.1) is 5.82 Å². The van der Waals surface area contributed by atoms with Gasteiger partial charge < -0.3 is 14.5 Å². The first-order valence-corrected chi connectivity index (χ1v) is 5.56. The van der Waals surface area contributed by atoms with Gasteiger partial charge in [-0.25, -0.2) is 9.18 Å². The molecule has 0 aromatic heterocycles. The van der Waals surface area contributed by atoms with E-state index < -0.39 is 11.9 Å². The summed E-state index contributed by atoms with van der Waals surface area (Å²) in [5.74, 6) is -0.164. The zero-order valence-electron chi connectivity index (χ0n) is 9.73. The molecule has 1 amide bonds. The van der Waals surface area contributed by atoms with E-state index in [1.807, 2.05) is 7.05 Å². The van der Waals surface area contributed by atoms with Gasteiger partial charge in [-0.2, -0.15) is 0 Å². The molecule has 1 fully saturated rings. The van der Waals surface area contributed by atoms with Crippen molar-refractivity contribution in [2.75, 3.05) is 33.2 Å². The number of likely N-dealkylation sites (N-methyl/N-ethyl adjacent to an activating group) is 1. The Hall–Kier alpha value is -1.62. The fourth-order valence-electron chi connectivity index (χ4n) is 1.68. The van der Waals surface area contributed by atoms with E-state index >= 15 is 0 Å². The number of hydrogen-bond acceptors (Lipinski definition) is 3. The monoisotopic (exact) mass is 238 g/mol. The maximum Gasteiger partial charge on any atom is 0.415 e. The molecule has 0 aliphatic carbocycles. The lowest BCUT2D eigenvalue weighted by molar-refractivity contribution is 0.120. The van der Waals surface area contributed by atoms with Crippen LogP contribution in [0.5, 0.6) is 5.75 Å². The second-order valence-electron chi connectivity index (χ2n) is 4.12. The summed E-state index contributed by atoms with van der Waals surface area (Å²) < 4.78 is 18.0. The van der Waals surface area contributed by atoms with Gasteiger partial charge in [0.15, 0.2) is 0 Å². The third kappa shape index (κ3) is 3.17. The fourth-order valence-corrected chi connectivity index (χ4v) is 1.68. The highest BCUT2D eigenvalue weighted by molar-refractivity contribution is 5.70. The third-order valence-electron chi connectivity index (χ3n) is 2.76. The molecule has 0 radical (unpaired) electrons. The number of carbonyl (C=O) groups excluding carboxylic acids is 1. The van der Waals surface area contributed by atoms with Gasteiger partial charge >= 0.3 is 6.09 Å². The van der Waals surface area contributed by atoms with Crippen molar-refractivity contribution in [1.29, 1.82) is 0 Å². The molecule has 17 heavy (non-hydrogen) atoms. The molecule has 0 unspecified atom stereocenters. The van der Waals surface area contributed by atoms with Crippen molar-refractivity contribution in [2.24, 2.45) is 0 Å². The second-order valence-corrected chi connectivity index (χ2v) is 4.12. The Balaban J connectivity index is 1.93. The van der Waals surface area contributed by atoms with Crippen LogP contribution in [0.3, 0.4) is 0 Å². The number of nitrogens with zero attached hydrogens (tertiary/aromatic N) is 2. The van der Waals surface area contributed by atoms with Crippen LogP contribution in [0.2, 0.25) is 0 Å². The topological polar surface area (TPSA) is 32.8 Å². The minimum Gasteiger partial charge on any atom is -0.410 e. The third-order valence-corrected chi connectivity index (χ3v) is 2.76. The van der Waals surface area contributed by atoms with Crippen molar-refractivity contribution >= 4 is 6.09 Å². The number of carbonyl (C=O) groups is 1. The minimum atomic E-state index is -0.413. The summed E-state index contributed by atoms with van der Waals surface area (Å²) in [7, 11) is 2.01. The molecule has 0 atom stereocenters. The van der Waals surface area contributed by atoms with Gasteiger partial charge in [-0.3, -0.25) is 0 Å². The van der Waals surface area contributed by atoms with Crippen LogP contribution in [0.25, 0.3) is 0 Å². The summed E-state index contributed by atoms with van der Waals surface area (Å²) >= 11 is 0. The molecule has 4 nitrogen and oxygen atoms in total. The average Bonchev–Trinajstić information content (AvgIpc) is 2.29. The van der Waals surface area contributed by atoms with Crippen molar-refractivity contribution in [3.05, 3.63) is 30.1 Å². The van der Waals surface area contributed by atoms with Crippen LogP contribution in [0.4, 0.5) is 9.18 Å². The van der Waals surface area contributed by atoms with E-state index in [0.717, 1.165) is 13.1 Å². The molecule has 1 aliphatic heterocycles. The lowest BCUT2D eigenvalue weighted by Crippen LogP contribution is -2.48. The van der Waals surface area contributed by atoms with Crippen LogP contribution >= 0.6 is 0 Å². The van der Waals surface area contributed by atoms with Crippen molar-refractivity contribution in [3.63, 3.8) is 0 Å². The normalized spacial score (nSPS) is 16.9. The number of ether oxygens (including phenoxy) is 1. The maximum atomic E-state index is 12.9. The van der Waals surface area contributed by atoms with E-state index in [9.17, 15) is 9.18 Å². The van der Waals surface area contributed by atoms with Crippen LogP contribution in [-0.4, -0.2) is 49.1 Å². The molecule has 92 valence electrons. The van der Waals surface area contributed by atoms with Crippen LogP contribution in [0.15, 0.2) is 24.3 Å². The molecule has 1 aromatic rings. The van der Waals surface area contributed by atoms with Crippen LogP contribution in [0.1, 0.15) is 0 Å². The first kappa shape index (κ1) is 11.9. The van der Waals surface area contributed by atoms with Gasteiger partial charge in [0, 0.05) is 32.2 Å². The van der Waals surface area contributed by atoms with Gasteiger partial charge in [-0.15, -0.1) is 0 Å². The van der Waals surface area contributed by atoms with Gasteiger partial charge in [-0.1, -0.05) is 6.07 Å². The fraction of sp³-hybridized carbons (Fsp3) is 0.417. The predicted octanol–water partition coefficient (Wildman–Crippen LogP) is 1.57. The zero-order valence-corrected chi connectivity index (χ0v) is 9.73. The Morgan fingerprint density at radius 2 is 2.00 bits per heavy atom. The van der Waals surface area contributed by atoms with Gasteiger partial charge in [0.05, 0.1) is 0 Å². The summed E-state index contributed by atoms with van der Waals surface area (Å²) in [5, 5.41) is 0. The van der Waals surface area contributed by atoms with E-state index in [0.29, 0.717) is 13.1 Å². The van der Waals surface area contributed by atoms with Gasteiger partial charge in [0.25, 0.3) is 0 Å². The zero-order chi connectivity index (χ0) is 12.3. The molecule has 0 bridgehead atoms. The maximum absolute atomic E-state index is 12.9. The van der Waals surface area contributed by atoms with Gasteiger partial charge in [0.1, 0.15) is 11.6 Å². The standard InChI is InChI=1S/C12H15FN2O2/c1-14-5-7-15(8-6-14)12(16)17-11-4-2-3-10(13)9-11/h2-4,9H,5-8H2,1H3. The summed E-state index contributed by atoms with van der Waals surface area (Å²) in [6.07, 6.45) is -0.413. The second kappa shape index (κ2) is 5.14. The van der Waals surface area contributed by atoms with E-state index in [1.165, 1.54) is 18.2 Å². The van der Waals surface area contributed by atoms with Gasteiger partial charge in [0.2, 0.25) is 0 Å². The molecule has 1 aliphatic rings. The lowest BCUT2D eigenvalue weighted by atomic mass is 10.3. The first-order chi connectivity index (χ1) is 8.15. The summed E-state index contributed by atoms with van der Waals surface area (Å²) in [6, 6.07) is 5.60. The van der Waals surface area contributed by atoms with E-state index in [1.54, 1.807) is 11.0 Å². The Labute approximate surface area is 99.6 Å². The Bertz CT molecular complexity index is 403. The SMILES string of the molecule is CN1CCN(C(=O)Oc2cccc(F)c2)CC1. The molecule has 1 saturated heterocycles.